The third-order valence-electron chi connectivity index (χ3n) is 3.38. The second-order valence-corrected chi connectivity index (χ2v) is 5.28. The fourth-order valence-electron chi connectivity index (χ4n) is 2.05. The summed E-state index contributed by atoms with van der Waals surface area (Å²) in [4.78, 5) is 0. The fraction of sp³-hybridized carbons (Fsp3) is 0.400. The Morgan fingerprint density at radius 1 is 1.10 bits per heavy atom. The van der Waals surface area contributed by atoms with Crippen LogP contribution < -0.4 is 0 Å². The van der Waals surface area contributed by atoms with Gasteiger partial charge in [0.15, 0.2) is 0 Å². The topological polar surface area (TPSA) is 17.8 Å². The maximum absolute atomic E-state index is 13.2. The van der Waals surface area contributed by atoms with E-state index in [1.54, 1.807) is 23.9 Å². The molecule has 0 fully saturated rings. The van der Waals surface area contributed by atoms with Crippen LogP contribution in [0, 0.1) is 13.8 Å². The molecule has 0 saturated carbocycles. The van der Waals surface area contributed by atoms with Crippen molar-refractivity contribution in [1.82, 2.24) is 9.78 Å². The molecule has 20 heavy (non-hydrogen) atoms. The summed E-state index contributed by atoms with van der Waals surface area (Å²) < 4.78 is 41.2. The highest BCUT2D eigenvalue weighted by Gasteiger charge is 2.34. The number of halogens is 3. The summed E-state index contributed by atoms with van der Waals surface area (Å²) >= 11 is 0. The fourth-order valence-corrected chi connectivity index (χ4v) is 2.05. The van der Waals surface area contributed by atoms with Crippen LogP contribution in [0.1, 0.15) is 36.6 Å². The monoisotopic (exact) mass is 282 g/mol. The van der Waals surface area contributed by atoms with Crippen LogP contribution >= 0.6 is 0 Å². The summed E-state index contributed by atoms with van der Waals surface area (Å²) in [6, 6.07) is 2.90. The van der Waals surface area contributed by atoms with Crippen LogP contribution in [-0.4, -0.2) is 9.78 Å². The molecule has 1 heterocycles. The SMILES string of the molecule is Cc1cc(-c2cnn(C(C)C)c2)c(C(F)(F)F)cc1C. The van der Waals surface area contributed by atoms with Crippen LogP contribution in [0.3, 0.4) is 0 Å². The minimum atomic E-state index is -4.37. The maximum atomic E-state index is 13.2. The molecule has 2 nitrogen and oxygen atoms in total. The van der Waals surface area contributed by atoms with Gasteiger partial charge in [0.25, 0.3) is 0 Å². The van der Waals surface area contributed by atoms with E-state index in [9.17, 15) is 13.2 Å². The smallest absolute Gasteiger partial charge is 0.270 e. The number of nitrogens with zero attached hydrogens (tertiary/aromatic N) is 2. The Morgan fingerprint density at radius 3 is 2.20 bits per heavy atom. The van der Waals surface area contributed by atoms with Crippen LogP contribution in [0.25, 0.3) is 11.1 Å². The number of hydrogen-bond donors (Lipinski definition) is 0. The number of aryl methyl sites for hydroxylation is 2. The molecule has 0 atom stereocenters. The second-order valence-electron chi connectivity index (χ2n) is 5.28. The summed E-state index contributed by atoms with van der Waals surface area (Å²) in [6.07, 6.45) is -1.23. The Kier molecular flexibility index (Phi) is 3.63. The number of rotatable bonds is 2. The summed E-state index contributed by atoms with van der Waals surface area (Å²) in [6.45, 7) is 7.36. The molecule has 0 bridgehead atoms. The minimum absolute atomic E-state index is 0.115. The molecule has 108 valence electrons. The standard InChI is InChI=1S/C15H17F3N2/c1-9(2)20-8-12(7-19-20)13-5-10(3)11(4)6-14(13)15(16,17)18/h5-9H,1-4H3. The van der Waals surface area contributed by atoms with Crippen LogP contribution in [0.15, 0.2) is 24.5 Å². The normalized spacial score (nSPS) is 12.2. The van der Waals surface area contributed by atoms with Gasteiger partial charge in [0, 0.05) is 17.8 Å². The third-order valence-corrected chi connectivity index (χ3v) is 3.38. The van der Waals surface area contributed by atoms with Gasteiger partial charge in [-0.1, -0.05) is 6.07 Å². The van der Waals surface area contributed by atoms with Gasteiger partial charge in [0.05, 0.1) is 11.8 Å². The van der Waals surface area contributed by atoms with Crippen molar-refractivity contribution in [1.29, 1.82) is 0 Å². The quantitative estimate of drug-likeness (QED) is 0.776. The molecule has 0 aliphatic carbocycles. The lowest BCUT2D eigenvalue weighted by molar-refractivity contribution is -0.137. The molecule has 2 aromatic rings. The van der Waals surface area contributed by atoms with Crippen LogP contribution in [0.2, 0.25) is 0 Å². The van der Waals surface area contributed by atoms with Crippen molar-refractivity contribution in [2.45, 2.75) is 39.9 Å². The number of alkyl halides is 3. The van der Waals surface area contributed by atoms with Crippen LogP contribution in [0.4, 0.5) is 13.2 Å². The molecule has 0 saturated heterocycles. The molecule has 1 aromatic heterocycles. The first kappa shape index (κ1) is 14.6. The van der Waals surface area contributed by atoms with E-state index in [4.69, 9.17) is 0 Å². The highest BCUT2D eigenvalue weighted by Crippen LogP contribution is 2.38. The molecular formula is C15H17F3N2. The van der Waals surface area contributed by atoms with E-state index in [0.717, 1.165) is 5.56 Å². The number of aromatic nitrogens is 2. The first-order valence-electron chi connectivity index (χ1n) is 6.43. The van der Waals surface area contributed by atoms with E-state index in [-0.39, 0.29) is 11.6 Å². The van der Waals surface area contributed by atoms with Gasteiger partial charge in [-0.25, -0.2) is 0 Å². The van der Waals surface area contributed by atoms with Gasteiger partial charge < -0.3 is 0 Å². The van der Waals surface area contributed by atoms with Crippen molar-refractivity contribution in [2.24, 2.45) is 0 Å². The predicted octanol–water partition coefficient (Wildman–Crippen LogP) is 4.77. The molecule has 0 spiro atoms. The highest BCUT2D eigenvalue weighted by molar-refractivity contribution is 5.68. The van der Waals surface area contributed by atoms with Crippen LogP contribution in [0.5, 0.6) is 0 Å². The highest BCUT2D eigenvalue weighted by atomic mass is 19.4. The largest absolute Gasteiger partial charge is 0.417 e. The van der Waals surface area contributed by atoms with E-state index in [2.05, 4.69) is 5.10 Å². The van der Waals surface area contributed by atoms with Crippen molar-refractivity contribution >= 4 is 0 Å². The van der Waals surface area contributed by atoms with E-state index in [1.165, 1.54) is 12.3 Å². The van der Waals surface area contributed by atoms with Crippen molar-refractivity contribution in [3.05, 3.63) is 41.2 Å². The summed E-state index contributed by atoms with van der Waals surface area (Å²) in [5, 5.41) is 4.12. The molecule has 0 aliphatic heterocycles. The molecule has 0 N–H and O–H groups in total. The summed E-state index contributed by atoms with van der Waals surface area (Å²) in [5.74, 6) is 0. The molecule has 0 radical (unpaired) electrons. The Bertz CT molecular complexity index is 625. The Labute approximate surface area is 116 Å². The number of hydrogen-bond acceptors (Lipinski definition) is 1. The second kappa shape index (κ2) is 4.96. The molecule has 0 aliphatic rings. The Hall–Kier alpha value is -1.78. The molecular weight excluding hydrogens is 265 g/mol. The summed E-state index contributed by atoms with van der Waals surface area (Å²) in [7, 11) is 0. The lowest BCUT2D eigenvalue weighted by atomic mass is 9.96. The summed E-state index contributed by atoms with van der Waals surface area (Å²) in [5.41, 5.74) is 1.55. The molecule has 0 unspecified atom stereocenters. The predicted molar refractivity (Wildman–Crippen MR) is 72.5 cm³/mol. The van der Waals surface area contributed by atoms with E-state index in [1.807, 2.05) is 20.8 Å². The molecule has 1 aromatic carbocycles. The first-order valence-corrected chi connectivity index (χ1v) is 6.43. The van der Waals surface area contributed by atoms with E-state index >= 15 is 0 Å². The van der Waals surface area contributed by atoms with Crippen molar-refractivity contribution < 1.29 is 13.2 Å². The molecule has 0 amide bonds. The molecule has 2 rings (SSSR count). The average Bonchev–Trinajstić information content (AvgIpc) is 2.80. The zero-order valence-corrected chi connectivity index (χ0v) is 11.9. The van der Waals surface area contributed by atoms with E-state index < -0.39 is 11.7 Å². The Balaban J connectivity index is 2.62. The number of benzene rings is 1. The minimum Gasteiger partial charge on any atom is -0.270 e. The van der Waals surface area contributed by atoms with Gasteiger partial charge in [-0.15, -0.1) is 0 Å². The van der Waals surface area contributed by atoms with Gasteiger partial charge in [0.1, 0.15) is 0 Å². The van der Waals surface area contributed by atoms with Crippen molar-refractivity contribution in [3.63, 3.8) is 0 Å². The van der Waals surface area contributed by atoms with E-state index in [0.29, 0.717) is 11.1 Å². The van der Waals surface area contributed by atoms with Gasteiger partial charge in [-0.05, 0) is 50.5 Å². The zero-order valence-electron chi connectivity index (χ0n) is 11.9. The zero-order chi connectivity index (χ0) is 15.1. The van der Waals surface area contributed by atoms with Gasteiger partial charge >= 0.3 is 6.18 Å². The van der Waals surface area contributed by atoms with Gasteiger partial charge in [-0.2, -0.15) is 18.3 Å². The lowest BCUT2D eigenvalue weighted by Crippen LogP contribution is -2.08. The van der Waals surface area contributed by atoms with Crippen molar-refractivity contribution in [3.8, 4) is 11.1 Å². The average molecular weight is 282 g/mol. The lowest BCUT2D eigenvalue weighted by Gasteiger charge is -2.14. The first-order chi connectivity index (χ1) is 9.20. The third kappa shape index (κ3) is 2.71. The van der Waals surface area contributed by atoms with Crippen molar-refractivity contribution in [2.75, 3.05) is 0 Å². The van der Waals surface area contributed by atoms with Crippen LogP contribution in [-0.2, 0) is 6.18 Å². The molecule has 5 heteroatoms. The Morgan fingerprint density at radius 2 is 1.70 bits per heavy atom. The van der Waals surface area contributed by atoms with Gasteiger partial charge in [0.2, 0.25) is 0 Å². The van der Waals surface area contributed by atoms with Gasteiger partial charge in [-0.3, -0.25) is 4.68 Å². The maximum Gasteiger partial charge on any atom is 0.417 e.